The molecule has 1 aromatic heterocycles. The Bertz CT molecular complexity index is 1710. The van der Waals surface area contributed by atoms with Crippen molar-refractivity contribution in [2.45, 2.75) is 43.5 Å². The minimum absolute atomic E-state index is 0.0299. The number of aromatic amines is 1. The first-order valence-electron chi connectivity index (χ1n) is 13.6. The number of carbonyl (C=O) groups excluding carboxylic acids is 2. The van der Waals surface area contributed by atoms with Crippen LogP contribution in [-0.4, -0.2) is 51.8 Å². The zero-order valence-corrected chi connectivity index (χ0v) is 23.4. The lowest BCUT2D eigenvalue weighted by Gasteiger charge is -2.37. The number of hydrogen-bond acceptors (Lipinski definition) is 8. The van der Waals surface area contributed by atoms with E-state index in [0.29, 0.717) is 5.56 Å². The van der Waals surface area contributed by atoms with Crippen LogP contribution in [0.5, 0.6) is 0 Å². The number of ether oxygens (including phenoxy) is 4. The smallest absolute Gasteiger partial charge is 0.338 e. The molecule has 5 rings (SSSR count). The minimum atomic E-state index is -3.38. The summed E-state index contributed by atoms with van der Waals surface area (Å²) >= 11 is 0. The Labute approximate surface area is 249 Å². The van der Waals surface area contributed by atoms with Gasteiger partial charge in [0.15, 0.2) is 23.5 Å². The summed E-state index contributed by atoms with van der Waals surface area (Å²) in [5.41, 5.74) is -6.04. The van der Waals surface area contributed by atoms with Crippen LogP contribution in [0.3, 0.4) is 0 Å². The van der Waals surface area contributed by atoms with Crippen molar-refractivity contribution in [3.8, 4) is 0 Å². The van der Waals surface area contributed by atoms with Crippen LogP contribution in [0.15, 0.2) is 113 Å². The van der Waals surface area contributed by atoms with E-state index in [9.17, 15) is 19.2 Å². The number of rotatable bonds is 10. The maximum Gasteiger partial charge on any atom is 0.338 e. The lowest BCUT2D eigenvalue weighted by atomic mass is 9.86. The summed E-state index contributed by atoms with van der Waals surface area (Å²) in [5, 5.41) is 0. The Hall–Kier alpha value is -4.94. The van der Waals surface area contributed by atoms with Gasteiger partial charge in [-0.25, -0.2) is 23.2 Å². The number of hydrogen-bond donors (Lipinski definition) is 1. The third-order valence-corrected chi connectivity index (χ3v) is 7.25. The molecule has 12 heteroatoms. The minimum Gasteiger partial charge on any atom is -0.451 e. The van der Waals surface area contributed by atoms with Crippen LogP contribution in [0.2, 0.25) is 0 Å². The van der Waals surface area contributed by atoms with Crippen molar-refractivity contribution >= 4 is 11.9 Å². The van der Waals surface area contributed by atoms with Crippen molar-refractivity contribution in [2.75, 3.05) is 6.61 Å². The maximum absolute atomic E-state index is 15.4. The molecular formula is C32H28F2N2O8. The summed E-state index contributed by atoms with van der Waals surface area (Å²) in [6, 6.07) is 25.0. The summed E-state index contributed by atoms with van der Waals surface area (Å²) < 4.78 is 54.9. The molecule has 0 saturated carbocycles. The van der Waals surface area contributed by atoms with Gasteiger partial charge in [-0.3, -0.25) is 14.3 Å². The fourth-order valence-electron chi connectivity index (χ4n) is 5.09. The van der Waals surface area contributed by atoms with Crippen LogP contribution in [0.25, 0.3) is 0 Å². The molecular weight excluding hydrogens is 578 g/mol. The normalized spacial score (nSPS) is 22.9. The van der Waals surface area contributed by atoms with Gasteiger partial charge in [-0.15, -0.1) is 0 Å². The lowest BCUT2D eigenvalue weighted by molar-refractivity contribution is -0.206. The van der Waals surface area contributed by atoms with E-state index < -0.39 is 59.8 Å². The fourth-order valence-corrected chi connectivity index (χ4v) is 5.09. The van der Waals surface area contributed by atoms with Crippen LogP contribution in [0.1, 0.15) is 39.4 Å². The number of aromatic nitrogens is 2. The molecule has 1 aliphatic heterocycles. The van der Waals surface area contributed by atoms with Gasteiger partial charge < -0.3 is 18.9 Å². The molecule has 1 fully saturated rings. The van der Waals surface area contributed by atoms with Crippen LogP contribution >= 0.6 is 0 Å². The van der Waals surface area contributed by atoms with Gasteiger partial charge in [0.1, 0.15) is 0 Å². The lowest BCUT2D eigenvalue weighted by Crippen LogP contribution is -2.59. The molecule has 0 radical (unpaired) electrons. The van der Waals surface area contributed by atoms with Crippen molar-refractivity contribution in [2.24, 2.45) is 0 Å². The van der Waals surface area contributed by atoms with Gasteiger partial charge in [-0.2, -0.15) is 0 Å². The number of carbonyl (C=O) groups is 2. The molecule has 0 bridgehead atoms. The largest absolute Gasteiger partial charge is 0.451 e. The van der Waals surface area contributed by atoms with Crippen molar-refractivity contribution < 1.29 is 37.3 Å². The fraction of sp³-hybridized carbons (Fsp3) is 0.250. The molecule has 4 aromatic rings. The molecule has 1 saturated heterocycles. The number of alkyl halides is 2. The van der Waals surface area contributed by atoms with Gasteiger partial charge in [0.2, 0.25) is 0 Å². The molecule has 0 amide bonds. The molecule has 10 nitrogen and oxygen atoms in total. The van der Waals surface area contributed by atoms with Crippen LogP contribution in [-0.2, 0) is 25.6 Å². The van der Waals surface area contributed by atoms with Crippen molar-refractivity contribution in [1.29, 1.82) is 0 Å². The number of H-pyrrole nitrogens is 1. The van der Waals surface area contributed by atoms with Crippen molar-refractivity contribution in [1.82, 2.24) is 9.55 Å². The van der Waals surface area contributed by atoms with Gasteiger partial charge >= 0.3 is 17.6 Å². The van der Waals surface area contributed by atoms with Gasteiger partial charge in [0.05, 0.1) is 24.3 Å². The highest BCUT2D eigenvalue weighted by molar-refractivity contribution is 5.90. The quantitative estimate of drug-likeness (QED) is 0.267. The summed E-state index contributed by atoms with van der Waals surface area (Å²) in [6.45, 7) is 0.279. The number of esters is 2. The summed E-state index contributed by atoms with van der Waals surface area (Å²) in [5.74, 6) is -1.97. The Morgan fingerprint density at radius 2 is 1.45 bits per heavy atom. The molecule has 1 N–H and O–H groups in total. The SMILES string of the molecule is C[C@]1(OC(=O)c2ccccc2)[C@H](n2ccc(=O)[nH]c2=O)O[C@](COCc2ccccc2)(C(F)F)[C@H]1OC(=O)c1ccccc1. The van der Waals surface area contributed by atoms with Gasteiger partial charge in [0.25, 0.3) is 12.0 Å². The second-order valence-electron chi connectivity index (χ2n) is 10.3. The molecule has 2 heterocycles. The first-order chi connectivity index (χ1) is 21.1. The third kappa shape index (κ3) is 6.08. The Balaban J connectivity index is 1.63. The maximum atomic E-state index is 15.4. The van der Waals surface area contributed by atoms with Gasteiger partial charge in [-0.05, 0) is 36.8 Å². The third-order valence-electron chi connectivity index (χ3n) is 7.25. The van der Waals surface area contributed by atoms with Crippen LogP contribution < -0.4 is 11.2 Å². The van der Waals surface area contributed by atoms with E-state index in [1.807, 2.05) is 4.98 Å². The van der Waals surface area contributed by atoms with E-state index in [2.05, 4.69) is 0 Å². The standard InChI is InChI=1S/C32H28F2N2O8/c1-31(43-26(39)23-15-9-4-10-16-23)27(42-25(38)22-13-7-3-8-14-22)32(28(33)34,20-41-19-21-11-5-2-6-12-21)44-29(31)36-18-17-24(37)35-30(36)40/h2-18,27-29H,19-20H2,1H3,(H,35,37,40)/t27-,29+,31+,32-/m0/s1. The predicted molar refractivity (Wildman–Crippen MR) is 152 cm³/mol. The summed E-state index contributed by atoms with van der Waals surface area (Å²) in [7, 11) is 0. The Morgan fingerprint density at radius 3 is 2.02 bits per heavy atom. The molecule has 1 aliphatic rings. The summed E-state index contributed by atoms with van der Waals surface area (Å²) in [6.07, 6.45) is -6.19. The van der Waals surface area contributed by atoms with E-state index in [0.717, 1.165) is 16.8 Å². The zero-order chi connectivity index (χ0) is 31.3. The molecule has 4 atom stereocenters. The first-order valence-corrected chi connectivity index (χ1v) is 13.6. The van der Waals surface area contributed by atoms with Crippen LogP contribution in [0, 0.1) is 0 Å². The van der Waals surface area contributed by atoms with Gasteiger partial charge in [-0.1, -0.05) is 66.7 Å². The van der Waals surface area contributed by atoms with Crippen LogP contribution in [0.4, 0.5) is 8.78 Å². The number of halogens is 2. The van der Waals surface area contributed by atoms with E-state index in [1.165, 1.54) is 31.2 Å². The van der Waals surface area contributed by atoms with Crippen molar-refractivity contribution in [3.63, 3.8) is 0 Å². The molecule has 0 aliphatic carbocycles. The average Bonchev–Trinajstić information content (AvgIpc) is 3.26. The monoisotopic (exact) mass is 606 g/mol. The van der Waals surface area contributed by atoms with E-state index in [-0.39, 0.29) is 17.7 Å². The van der Waals surface area contributed by atoms with E-state index in [4.69, 9.17) is 18.9 Å². The molecule has 0 spiro atoms. The average molecular weight is 607 g/mol. The highest BCUT2D eigenvalue weighted by atomic mass is 19.3. The Morgan fingerprint density at radius 1 is 0.886 bits per heavy atom. The van der Waals surface area contributed by atoms with E-state index in [1.54, 1.807) is 66.7 Å². The Kier molecular flexibility index (Phi) is 8.83. The van der Waals surface area contributed by atoms with Gasteiger partial charge in [0, 0.05) is 12.3 Å². The summed E-state index contributed by atoms with van der Waals surface area (Å²) in [4.78, 5) is 53.7. The van der Waals surface area contributed by atoms with E-state index >= 15 is 8.78 Å². The number of nitrogens with zero attached hydrogens (tertiary/aromatic N) is 1. The molecule has 44 heavy (non-hydrogen) atoms. The topological polar surface area (TPSA) is 126 Å². The second kappa shape index (κ2) is 12.7. The van der Waals surface area contributed by atoms with Crippen molar-refractivity contribution in [3.05, 3.63) is 141 Å². The predicted octanol–water partition coefficient (Wildman–Crippen LogP) is 4.13. The molecule has 228 valence electrons. The molecule has 0 unspecified atom stereocenters. The number of benzene rings is 3. The highest BCUT2D eigenvalue weighted by Gasteiger charge is 2.71. The molecule has 3 aromatic carbocycles. The highest BCUT2D eigenvalue weighted by Crippen LogP contribution is 2.51. The zero-order valence-electron chi connectivity index (χ0n) is 23.4. The number of nitrogens with one attached hydrogen (secondary N) is 1. The second-order valence-corrected chi connectivity index (χ2v) is 10.3. The first kappa shape index (κ1) is 30.5.